The van der Waals surface area contributed by atoms with E-state index in [1.807, 2.05) is 12.1 Å². The molecule has 5 heteroatoms. The number of nitrogens with zero attached hydrogens (tertiary/aromatic N) is 1. The normalized spacial score (nSPS) is 14.4. The third-order valence-corrected chi connectivity index (χ3v) is 4.45. The second kappa shape index (κ2) is 10.9. The summed E-state index contributed by atoms with van der Waals surface area (Å²) in [5, 5.41) is 2.91. The van der Waals surface area contributed by atoms with E-state index in [1.165, 1.54) is 25.7 Å². The number of anilines is 1. The highest BCUT2D eigenvalue weighted by Gasteiger charge is 2.18. The zero-order chi connectivity index (χ0) is 17.9. The Hall–Kier alpha value is -1.88. The first-order valence-corrected chi connectivity index (χ1v) is 9.47. The van der Waals surface area contributed by atoms with Gasteiger partial charge in [-0.2, -0.15) is 0 Å². The molecule has 0 spiro atoms. The van der Waals surface area contributed by atoms with Gasteiger partial charge in [0.15, 0.2) is 0 Å². The minimum Gasteiger partial charge on any atom is -0.378 e. The van der Waals surface area contributed by atoms with Crippen molar-refractivity contribution in [1.29, 1.82) is 0 Å². The molecular weight excluding hydrogens is 316 g/mol. The molecule has 5 nitrogen and oxygen atoms in total. The summed E-state index contributed by atoms with van der Waals surface area (Å²) < 4.78 is 5.28. The number of ether oxygens (including phenoxy) is 1. The summed E-state index contributed by atoms with van der Waals surface area (Å²) in [6.45, 7) is 4.60. The first-order chi connectivity index (χ1) is 12.2. The molecule has 0 aliphatic carbocycles. The summed E-state index contributed by atoms with van der Waals surface area (Å²) in [5.74, 6) is 0.0155. The Bertz CT molecular complexity index is 554. The van der Waals surface area contributed by atoms with Crippen molar-refractivity contribution in [2.75, 3.05) is 31.6 Å². The summed E-state index contributed by atoms with van der Waals surface area (Å²) >= 11 is 0. The van der Waals surface area contributed by atoms with Crippen LogP contribution in [-0.2, 0) is 9.53 Å². The summed E-state index contributed by atoms with van der Waals surface area (Å²) in [4.78, 5) is 26.3. The maximum atomic E-state index is 12.5. The standard InChI is InChI=1S/C20H30N2O3/c1-2-3-4-5-6-7-11-19(23)21-18-10-8-9-17(16-18)20(24)22-12-14-25-15-13-22/h8-10,16H,2-7,11-15H2,1H3,(H,21,23). The van der Waals surface area contributed by atoms with Crippen LogP contribution in [0.3, 0.4) is 0 Å². The highest BCUT2D eigenvalue weighted by Crippen LogP contribution is 2.15. The van der Waals surface area contributed by atoms with Crippen LogP contribution < -0.4 is 5.32 Å². The minimum absolute atomic E-state index is 0.00433. The van der Waals surface area contributed by atoms with E-state index in [0.717, 1.165) is 12.8 Å². The molecule has 2 rings (SSSR count). The van der Waals surface area contributed by atoms with Crippen molar-refractivity contribution >= 4 is 17.5 Å². The van der Waals surface area contributed by atoms with Crippen LogP contribution in [-0.4, -0.2) is 43.0 Å². The lowest BCUT2D eigenvalue weighted by Gasteiger charge is -2.27. The highest BCUT2D eigenvalue weighted by molar-refractivity contribution is 5.97. The van der Waals surface area contributed by atoms with E-state index >= 15 is 0 Å². The van der Waals surface area contributed by atoms with Gasteiger partial charge in [-0.25, -0.2) is 0 Å². The fraction of sp³-hybridized carbons (Fsp3) is 0.600. The Kier molecular flexibility index (Phi) is 8.46. The van der Waals surface area contributed by atoms with Crippen molar-refractivity contribution in [3.63, 3.8) is 0 Å². The second-order valence-corrected chi connectivity index (χ2v) is 6.55. The van der Waals surface area contributed by atoms with Crippen molar-refractivity contribution in [3.8, 4) is 0 Å². The van der Waals surface area contributed by atoms with Crippen LogP contribution in [0.2, 0.25) is 0 Å². The molecule has 1 aromatic carbocycles. The molecular formula is C20H30N2O3. The minimum atomic E-state index is -0.00433. The predicted molar refractivity (Wildman–Crippen MR) is 99.8 cm³/mol. The topological polar surface area (TPSA) is 58.6 Å². The zero-order valence-electron chi connectivity index (χ0n) is 15.3. The number of hydrogen-bond acceptors (Lipinski definition) is 3. The molecule has 1 heterocycles. The molecule has 0 saturated carbocycles. The maximum Gasteiger partial charge on any atom is 0.254 e. The van der Waals surface area contributed by atoms with E-state index in [-0.39, 0.29) is 11.8 Å². The van der Waals surface area contributed by atoms with Crippen molar-refractivity contribution < 1.29 is 14.3 Å². The Morgan fingerprint density at radius 3 is 2.56 bits per heavy atom. The van der Waals surface area contributed by atoms with E-state index in [9.17, 15) is 9.59 Å². The van der Waals surface area contributed by atoms with Gasteiger partial charge in [0.1, 0.15) is 0 Å². The Morgan fingerprint density at radius 1 is 1.08 bits per heavy atom. The molecule has 25 heavy (non-hydrogen) atoms. The van der Waals surface area contributed by atoms with Gasteiger partial charge in [0.05, 0.1) is 13.2 Å². The summed E-state index contributed by atoms with van der Waals surface area (Å²) in [6, 6.07) is 7.20. The first kappa shape index (κ1) is 19.4. The third kappa shape index (κ3) is 6.86. The molecule has 0 aromatic heterocycles. The van der Waals surface area contributed by atoms with Gasteiger partial charge >= 0.3 is 0 Å². The Labute approximate surface area is 150 Å². The molecule has 0 radical (unpaired) electrons. The third-order valence-electron chi connectivity index (χ3n) is 4.45. The predicted octanol–water partition coefficient (Wildman–Crippen LogP) is 3.85. The lowest BCUT2D eigenvalue weighted by molar-refractivity contribution is -0.116. The smallest absolute Gasteiger partial charge is 0.254 e. The number of carbonyl (C=O) groups is 2. The van der Waals surface area contributed by atoms with Gasteiger partial charge in [-0.3, -0.25) is 9.59 Å². The molecule has 138 valence electrons. The monoisotopic (exact) mass is 346 g/mol. The van der Waals surface area contributed by atoms with Crippen LogP contribution in [0.15, 0.2) is 24.3 Å². The van der Waals surface area contributed by atoms with E-state index in [2.05, 4.69) is 12.2 Å². The molecule has 0 atom stereocenters. The highest BCUT2D eigenvalue weighted by atomic mass is 16.5. The summed E-state index contributed by atoms with van der Waals surface area (Å²) in [7, 11) is 0. The molecule has 0 unspecified atom stereocenters. The summed E-state index contributed by atoms with van der Waals surface area (Å²) in [5.41, 5.74) is 1.30. The largest absolute Gasteiger partial charge is 0.378 e. The van der Waals surface area contributed by atoms with Gasteiger partial charge in [0.2, 0.25) is 5.91 Å². The molecule has 1 aliphatic heterocycles. The quantitative estimate of drug-likeness (QED) is 0.691. The number of carbonyl (C=O) groups excluding carboxylic acids is 2. The van der Waals surface area contributed by atoms with E-state index in [1.54, 1.807) is 17.0 Å². The lowest BCUT2D eigenvalue weighted by Crippen LogP contribution is -2.40. The fourth-order valence-electron chi connectivity index (χ4n) is 2.97. The number of amides is 2. The van der Waals surface area contributed by atoms with Crippen LogP contribution in [0.5, 0.6) is 0 Å². The van der Waals surface area contributed by atoms with E-state index in [4.69, 9.17) is 4.74 Å². The van der Waals surface area contributed by atoms with Crippen molar-refractivity contribution in [1.82, 2.24) is 4.90 Å². The van der Waals surface area contributed by atoms with Gasteiger partial charge < -0.3 is 15.0 Å². The molecule has 1 aromatic rings. The Morgan fingerprint density at radius 2 is 1.80 bits per heavy atom. The lowest BCUT2D eigenvalue weighted by atomic mass is 10.1. The van der Waals surface area contributed by atoms with Gasteiger partial charge in [0, 0.05) is 30.8 Å². The number of rotatable bonds is 9. The van der Waals surface area contributed by atoms with Crippen LogP contribution in [0.25, 0.3) is 0 Å². The number of unbranched alkanes of at least 4 members (excludes halogenated alkanes) is 5. The van der Waals surface area contributed by atoms with Gasteiger partial charge in [-0.1, -0.05) is 45.1 Å². The fourth-order valence-corrected chi connectivity index (χ4v) is 2.97. The molecule has 0 bridgehead atoms. The molecule has 1 saturated heterocycles. The van der Waals surface area contributed by atoms with Crippen LogP contribution >= 0.6 is 0 Å². The number of hydrogen-bond donors (Lipinski definition) is 1. The zero-order valence-corrected chi connectivity index (χ0v) is 15.3. The van der Waals surface area contributed by atoms with Crippen LogP contribution in [0, 0.1) is 0 Å². The van der Waals surface area contributed by atoms with Crippen molar-refractivity contribution in [3.05, 3.63) is 29.8 Å². The average Bonchev–Trinajstić information content (AvgIpc) is 2.65. The molecule has 1 fully saturated rings. The molecule has 1 aliphatic rings. The summed E-state index contributed by atoms with van der Waals surface area (Å²) in [6.07, 6.45) is 7.52. The SMILES string of the molecule is CCCCCCCCC(=O)Nc1cccc(C(=O)N2CCOCC2)c1. The van der Waals surface area contributed by atoms with Gasteiger partial charge in [0.25, 0.3) is 5.91 Å². The molecule has 2 amide bonds. The number of morpholine rings is 1. The molecule has 1 N–H and O–H groups in total. The first-order valence-electron chi connectivity index (χ1n) is 9.47. The van der Waals surface area contributed by atoms with Crippen molar-refractivity contribution in [2.24, 2.45) is 0 Å². The van der Waals surface area contributed by atoms with E-state index in [0.29, 0.717) is 44.0 Å². The number of benzene rings is 1. The second-order valence-electron chi connectivity index (χ2n) is 6.55. The Balaban J connectivity index is 1.78. The van der Waals surface area contributed by atoms with E-state index < -0.39 is 0 Å². The van der Waals surface area contributed by atoms with Crippen molar-refractivity contribution in [2.45, 2.75) is 51.9 Å². The number of nitrogens with one attached hydrogen (secondary N) is 1. The van der Waals surface area contributed by atoms with Gasteiger partial charge in [-0.05, 0) is 24.6 Å². The maximum absolute atomic E-state index is 12.5. The van der Waals surface area contributed by atoms with Gasteiger partial charge in [-0.15, -0.1) is 0 Å². The average molecular weight is 346 g/mol. The van der Waals surface area contributed by atoms with Crippen LogP contribution in [0.1, 0.15) is 62.2 Å². The van der Waals surface area contributed by atoms with Crippen LogP contribution in [0.4, 0.5) is 5.69 Å².